The van der Waals surface area contributed by atoms with Crippen molar-refractivity contribution in [3.63, 3.8) is 0 Å². The minimum atomic E-state index is -0.661. The molecule has 96 valence electrons. The standard InChI is InChI=1S/C14H12ClN2O2/c1-9-5-6-10(15)7-13(9)14(18)17(19)12-4-2-3-11(16)8-12/h2-8H,16H2,1H3/q+1. The van der Waals surface area contributed by atoms with Crippen LogP contribution in [0.2, 0.25) is 5.02 Å². The van der Waals surface area contributed by atoms with Crippen LogP contribution in [0.15, 0.2) is 42.5 Å². The van der Waals surface area contributed by atoms with Crippen molar-refractivity contribution in [1.29, 1.82) is 0 Å². The van der Waals surface area contributed by atoms with E-state index in [0.29, 0.717) is 21.0 Å². The molecule has 5 heteroatoms. The van der Waals surface area contributed by atoms with Gasteiger partial charge in [-0.2, -0.15) is 0 Å². The van der Waals surface area contributed by atoms with E-state index >= 15 is 0 Å². The molecule has 0 aliphatic heterocycles. The van der Waals surface area contributed by atoms with Gasteiger partial charge in [-0.1, -0.05) is 23.7 Å². The molecule has 0 fully saturated rings. The number of amides is 1. The highest BCUT2D eigenvalue weighted by atomic mass is 35.5. The van der Waals surface area contributed by atoms with Crippen molar-refractivity contribution in [1.82, 2.24) is 0 Å². The van der Waals surface area contributed by atoms with Crippen molar-refractivity contribution in [2.45, 2.75) is 6.92 Å². The number of carbonyl (C=O) groups is 1. The number of nitrogens with two attached hydrogens (primary N) is 1. The third-order valence-corrected chi connectivity index (χ3v) is 2.95. The Bertz CT molecular complexity index is 668. The molecule has 0 spiro atoms. The van der Waals surface area contributed by atoms with Crippen LogP contribution in [-0.2, 0) is 0 Å². The first-order valence-electron chi connectivity index (χ1n) is 5.62. The smallest absolute Gasteiger partial charge is 0.399 e. The molecule has 0 aliphatic rings. The SMILES string of the molecule is Cc1ccc(Cl)cc1C(=O)[N+](=O)c1cccc(N)c1. The van der Waals surface area contributed by atoms with Gasteiger partial charge in [0, 0.05) is 27.7 Å². The van der Waals surface area contributed by atoms with E-state index in [2.05, 4.69) is 0 Å². The zero-order chi connectivity index (χ0) is 14.0. The molecule has 1 amide bonds. The maximum atomic E-state index is 12.1. The normalized spacial score (nSPS) is 10.2. The van der Waals surface area contributed by atoms with E-state index < -0.39 is 5.91 Å². The number of carbonyl (C=O) groups excluding carboxylic acids is 1. The first-order valence-corrected chi connectivity index (χ1v) is 6.00. The fourth-order valence-corrected chi connectivity index (χ4v) is 1.87. The molecule has 2 rings (SSSR count). The summed E-state index contributed by atoms with van der Waals surface area (Å²) in [4.78, 5) is 24.2. The number of hydrogen-bond donors (Lipinski definition) is 1. The van der Waals surface area contributed by atoms with Gasteiger partial charge in [0.15, 0.2) is 0 Å². The topological polar surface area (TPSA) is 63.2 Å². The molecule has 4 nitrogen and oxygen atoms in total. The number of nitroso groups, excluding NO2 is 1. The number of halogens is 1. The highest BCUT2D eigenvalue weighted by molar-refractivity contribution is 6.31. The largest absolute Gasteiger partial charge is 0.472 e. The van der Waals surface area contributed by atoms with Gasteiger partial charge in [0.1, 0.15) is 4.76 Å². The number of nitrogen functional groups attached to an aromatic ring is 1. The van der Waals surface area contributed by atoms with Crippen LogP contribution in [-0.4, -0.2) is 10.7 Å². The van der Waals surface area contributed by atoms with Gasteiger partial charge >= 0.3 is 5.91 Å². The Morgan fingerprint density at radius 2 is 1.95 bits per heavy atom. The minimum absolute atomic E-state index is 0.198. The molecule has 0 radical (unpaired) electrons. The van der Waals surface area contributed by atoms with E-state index in [1.807, 2.05) is 0 Å². The molecule has 0 unspecified atom stereocenters. The molecule has 0 aromatic heterocycles. The average Bonchev–Trinajstić information content (AvgIpc) is 2.40. The lowest BCUT2D eigenvalue weighted by Crippen LogP contribution is -2.14. The zero-order valence-electron chi connectivity index (χ0n) is 10.3. The Morgan fingerprint density at radius 3 is 2.63 bits per heavy atom. The lowest BCUT2D eigenvalue weighted by molar-refractivity contribution is -0.357. The molecule has 2 aromatic carbocycles. The van der Waals surface area contributed by atoms with Gasteiger partial charge in [0.25, 0.3) is 5.69 Å². The molecule has 0 heterocycles. The maximum Gasteiger partial charge on any atom is 0.472 e. The van der Waals surface area contributed by atoms with Crippen molar-refractivity contribution < 1.29 is 9.55 Å². The van der Waals surface area contributed by atoms with Crippen molar-refractivity contribution in [2.75, 3.05) is 5.73 Å². The fourth-order valence-electron chi connectivity index (χ4n) is 1.70. The van der Waals surface area contributed by atoms with Gasteiger partial charge in [0.05, 0.1) is 5.56 Å². The predicted molar refractivity (Wildman–Crippen MR) is 74.7 cm³/mol. The van der Waals surface area contributed by atoms with E-state index in [1.54, 1.807) is 31.2 Å². The molecule has 0 saturated heterocycles. The number of anilines is 1. The summed E-state index contributed by atoms with van der Waals surface area (Å²) >= 11 is 5.84. The summed E-state index contributed by atoms with van der Waals surface area (Å²) in [7, 11) is 0. The number of rotatable bonds is 2. The number of hydrogen-bond acceptors (Lipinski definition) is 3. The van der Waals surface area contributed by atoms with Crippen LogP contribution in [0, 0.1) is 11.8 Å². The summed E-state index contributed by atoms with van der Waals surface area (Å²) < 4.78 is 0.315. The van der Waals surface area contributed by atoms with E-state index in [9.17, 15) is 9.70 Å². The Kier molecular flexibility index (Phi) is 3.62. The van der Waals surface area contributed by atoms with Gasteiger partial charge in [0.2, 0.25) is 0 Å². The molecule has 0 aliphatic carbocycles. The average molecular weight is 276 g/mol. The van der Waals surface area contributed by atoms with E-state index in [0.717, 1.165) is 0 Å². The molecule has 2 aromatic rings. The Morgan fingerprint density at radius 1 is 1.21 bits per heavy atom. The molecule has 0 saturated carbocycles. The summed E-state index contributed by atoms with van der Waals surface area (Å²) in [6.45, 7) is 1.75. The van der Waals surface area contributed by atoms with Crippen LogP contribution < -0.4 is 5.73 Å². The molecular formula is C14H12ClN2O2+. The molecular weight excluding hydrogens is 264 g/mol. The molecule has 0 bridgehead atoms. The summed E-state index contributed by atoms with van der Waals surface area (Å²) in [6.07, 6.45) is 0. The second-order valence-corrected chi connectivity index (χ2v) is 4.59. The number of nitrogens with zero attached hydrogens (tertiary/aromatic N) is 1. The highest BCUT2D eigenvalue weighted by Gasteiger charge is 2.29. The summed E-state index contributed by atoms with van der Waals surface area (Å²) in [5.41, 5.74) is 7.19. The van der Waals surface area contributed by atoms with Crippen molar-refractivity contribution in [3.05, 3.63) is 63.5 Å². The summed E-state index contributed by atoms with van der Waals surface area (Å²) in [6, 6.07) is 11.1. The van der Waals surface area contributed by atoms with Crippen LogP contribution in [0.1, 0.15) is 15.9 Å². The zero-order valence-corrected chi connectivity index (χ0v) is 11.0. The Balaban J connectivity index is 2.39. The van der Waals surface area contributed by atoms with Crippen molar-refractivity contribution in [2.24, 2.45) is 0 Å². The van der Waals surface area contributed by atoms with Crippen LogP contribution in [0.5, 0.6) is 0 Å². The third kappa shape index (κ3) is 2.80. The third-order valence-electron chi connectivity index (χ3n) is 2.72. The van der Waals surface area contributed by atoms with Gasteiger partial charge in [-0.15, -0.1) is 0 Å². The monoisotopic (exact) mass is 275 g/mol. The predicted octanol–water partition coefficient (Wildman–Crippen LogP) is 3.48. The van der Waals surface area contributed by atoms with Gasteiger partial charge in [-0.25, -0.2) is 4.79 Å². The molecule has 0 atom stereocenters. The first-order chi connectivity index (χ1) is 8.99. The second-order valence-electron chi connectivity index (χ2n) is 4.15. The Labute approximate surface area is 115 Å². The van der Waals surface area contributed by atoms with Crippen LogP contribution in [0.3, 0.4) is 0 Å². The summed E-state index contributed by atoms with van der Waals surface area (Å²) in [5, 5.41) is 0.412. The Hall–Kier alpha value is -2.20. The molecule has 19 heavy (non-hydrogen) atoms. The van der Waals surface area contributed by atoms with Gasteiger partial charge < -0.3 is 5.73 Å². The van der Waals surface area contributed by atoms with Crippen molar-refractivity contribution >= 4 is 28.9 Å². The van der Waals surface area contributed by atoms with Crippen molar-refractivity contribution in [3.8, 4) is 0 Å². The van der Waals surface area contributed by atoms with E-state index in [-0.39, 0.29) is 11.3 Å². The lowest BCUT2D eigenvalue weighted by atomic mass is 10.1. The maximum absolute atomic E-state index is 12.1. The van der Waals surface area contributed by atoms with E-state index in [4.69, 9.17) is 17.3 Å². The van der Waals surface area contributed by atoms with Crippen LogP contribution in [0.25, 0.3) is 0 Å². The minimum Gasteiger partial charge on any atom is -0.399 e. The van der Waals surface area contributed by atoms with Gasteiger partial charge in [-0.05, 0) is 30.7 Å². The van der Waals surface area contributed by atoms with Gasteiger partial charge in [-0.3, -0.25) is 0 Å². The number of aryl methyl sites for hydroxylation is 1. The summed E-state index contributed by atoms with van der Waals surface area (Å²) in [5.74, 6) is -0.661. The van der Waals surface area contributed by atoms with E-state index in [1.165, 1.54) is 18.2 Å². The van der Waals surface area contributed by atoms with Crippen LogP contribution >= 0.6 is 11.6 Å². The quantitative estimate of drug-likeness (QED) is 0.674. The van der Waals surface area contributed by atoms with Crippen LogP contribution in [0.4, 0.5) is 11.4 Å². The highest BCUT2D eigenvalue weighted by Crippen LogP contribution is 2.21. The molecule has 2 N–H and O–H groups in total. The lowest BCUT2D eigenvalue weighted by Gasteiger charge is -1.99. The number of benzene rings is 2. The second kappa shape index (κ2) is 5.20. The fraction of sp³-hybridized carbons (Fsp3) is 0.0714. The first kappa shape index (κ1) is 13.2.